The van der Waals surface area contributed by atoms with Gasteiger partial charge in [0.1, 0.15) is 5.75 Å². The molecule has 0 radical (unpaired) electrons. The minimum atomic E-state index is -0.210. The van der Waals surface area contributed by atoms with Gasteiger partial charge in [-0.05, 0) is 41.5 Å². The minimum Gasteiger partial charge on any atom is -0.497 e. The van der Waals surface area contributed by atoms with Crippen LogP contribution in [0.3, 0.4) is 0 Å². The normalized spacial score (nSPS) is 10.8. The van der Waals surface area contributed by atoms with Gasteiger partial charge in [-0.15, -0.1) is 0 Å². The fourth-order valence-electron chi connectivity index (χ4n) is 3.88. The fourth-order valence-corrected chi connectivity index (χ4v) is 3.88. The van der Waals surface area contributed by atoms with Crippen LogP contribution in [-0.4, -0.2) is 29.3 Å². The second-order valence-corrected chi connectivity index (χ2v) is 7.94. The smallest absolute Gasteiger partial charge is 0.266 e. The first-order chi connectivity index (χ1) is 16.6. The predicted molar refractivity (Wildman–Crippen MR) is 133 cm³/mol. The summed E-state index contributed by atoms with van der Waals surface area (Å²) in [6.45, 7) is 0.601. The SMILES string of the molecule is COc1ccc(-c2ccc(=O)n(CCNC(=O)CC(c3ccccc3)c3ccccc3)n2)cc1. The standard InChI is InChI=1S/C28H27N3O3/c1-34-24-14-12-23(13-15-24)26-16-17-28(33)31(30-26)19-18-29-27(32)20-25(21-8-4-2-5-9-21)22-10-6-3-7-11-22/h2-17,25H,18-20H2,1H3,(H,29,32). The van der Waals surface area contributed by atoms with Crippen LogP contribution in [0.15, 0.2) is 102 Å². The van der Waals surface area contributed by atoms with Gasteiger partial charge in [0.2, 0.25) is 5.91 Å². The summed E-state index contributed by atoms with van der Waals surface area (Å²) >= 11 is 0. The maximum absolute atomic E-state index is 12.8. The van der Waals surface area contributed by atoms with Crippen LogP contribution in [0.1, 0.15) is 23.5 Å². The van der Waals surface area contributed by atoms with E-state index in [2.05, 4.69) is 10.4 Å². The first-order valence-electron chi connectivity index (χ1n) is 11.2. The number of nitrogens with one attached hydrogen (secondary N) is 1. The number of amides is 1. The van der Waals surface area contributed by atoms with E-state index in [-0.39, 0.29) is 23.9 Å². The molecule has 0 unspecified atom stereocenters. The van der Waals surface area contributed by atoms with E-state index in [9.17, 15) is 9.59 Å². The van der Waals surface area contributed by atoms with Gasteiger partial charge < -0.3 is 10.1 Å². The third-order valence-corrected chi connectivity index (χ3v) is 5.69. The molecule has 1 heterocycles. The van der Waals surface area contributed by atoms with Gasteiger partial charge in [0.25, 0.3) is 5.56 Å². The summed E-state index contributed by atoms with van der Waals surface area (Å²) in [5.74, 6) is 0.641. The molecular formula is C28H27N3O3. The predicted octanol–water partition coefficient (Wildman–Crippen LogP) is 4.26. The molecule has 34 heavy (non-hydrogen) atoms. The molecule has 4 aromatic rings. The van der Waals surface area contributed by atoms with Crippen LogP contribution in [0.4, 0.5) is 0 Å². The third kappa shape index (κ3) is 5.78. The number of hydrogen-bond acceptors (Lipinski definition) is 4. The van der Waals surface area contributed by atoms with E-state index in [4.69, 9.17) is 4.74 Å². The molecule has 0 saturated heterocycles. The van der Waals surface area contributed by atoms with E-state index in [1.807, 2.05) is 84.9 Å². The number of ether oxygens (including phenoxy) is 1. The van der Waals surface area contributed by atoms with Gasteiger partial charge >= 0.3 is 0 Å². The average Bonchev–Trinajstić information content (AvgIpc) is 2.89. The molecule has 4 rings (SSSR count). The highest BCUT2D eigenvalue weighted by molar-refractivity contribution is 5.77. The van der Waals surface area contributed by atoms with E-state index < -0.39 is 0 Å². The van der Waals surface area contributed by atoms with Crippen LogP contribution >= 0.6 is 0 Å². The van der Waals surface area contributed by atoms with Crippen LogP contribution in [0, 0.1) is 0 Å². The van der Waals surface area contributed by atoms with Gasteiger partial charge in [0.05, 0.1) is 19.3 Å². The lowest BCUT2D eigenvalue weighted by atomic mass is 9.88. The average molecular weight is 454 g/mol. The number of carbonyl (C=O) groups is 1. The Morgan fingerprint density at radius 1 is 0.882 bits per heavy atom. The minimum absolute atomic E-state index is 0.0401. The van der Waals surface area contributed by atoms with Gasteiger partial charge in [-0.1, -0.05) is 60.7 Å². The number of methoxy groups -OCH3 is 1. The first-order valence-corrected chi connectivity index (χ1v) is 11.2. The lowest BCUT2D eigenvalue weighted by Crippen LogP contribution is -2.32. The zero-order chi connectivity index (χ0) is 23.8. The molecule has 1 amide bonds. The summed E-state index contributed by atoms with van der Waals surface area (Å²) in [5, 5.41) is 7.41. The van der Waals surface area contributed by atoms with Crippen molar-refractivity contribution < 1.29 is 9.53 Å². The molecule has 0 fully saturated rings. The molecule has 0 aliphatic carbocycles. The van der Waals surface area contributed by atoms with Crippen molar-refractivity contribution in [2.75, 3.05) is 13.7 Å². The summed E-state index contributed by atoms with van der Waals surface area (Å²) in [4.78, 5) is 25.1. The monoisotopic (exact) mass is 453 g/mol. The van der Waals surface area contributed by atoms with Crippen LogP contribution in [-0.2, 0) is 11.3 Å². The molecule has 3 aromatic carbocycles. The van der Waals surface area contributed by atoms with Crippen LogP contribution in [0.5, 0.6) is 5.75 Å². The van der Waals surface area contributed by atoms with E-state index >= 15 is 0 Å². The van der Waals surface area contributed by atoms with Crippen molar-refractivity contribution in [1.82, 2.24) is 15.1 Å². The van der Waals surface area contributed by atoms with Gasteiger partial charge in [0, 0.05) is 30.5 Å². The number of nitrogens with zero attached hydrogens (tertiary/aromatic N) is 2. The maximum Gasteiger partial charge on any atom is 0.266 e. The van der Waals surface area contributed by atoms with E-state index in [0.29, 0.717) is 18.7 Å². The molecular weight excluding hydrogens is 426 g/mol. The summed E-state index contributed by atoms with van der Waals surface area (Å²) in [6, 6.07) is 30.7. The van der Waals surface area contributed by atoms with Gasteiger partial charge in [-0.2, -0.15) is 5.10 Å². The van der Waals surface area contributed by atoms with Crippen molar-refractivity contribution in [2.45, 2.75) is 18.9 Å². The highest BCUT2D eigenvalue weighted by Gasteiger charge is 2.18. The summed E-state index contributed by atoms with van der Waals surface area (Å²) in [6.07, 6.45) is 0.322. The third-order valence-electron chi connectivity index (χ3n) is 5.69. The summed E-state index contributed by atoms with van der Waals surface area (Å²) < 4.78 is 6.57. The number of hydrogen-bond donors (Lipinski definition) is 1. The van der Waals surface area contributed by atoms with Crippen molar-refractivity contribution in [3.8, 4) is 17.0 Å². The molecule has 1 aromatic heterocycles. The fraction of sp³-hybridized carbons (Fsp3) is 0.179. The highest BCUT2D eigenvalue weighted by Crippen LogP contribution is 2.27. The van der Waals surface area contributed by atoms with Crippen LogP contribution in [0.2, 0.25) is 0 Å². The maximum atomic E-state index is 12.8. The Morgan fingerprint density at radius 2 is 1.50 bits per heavy atom. The van der Waals surface area contributed by atoms with Gasteiger partial charge in [-0.3, -0.25) is 9.59 Å². The Hall–Kier alpha value is -4.19. The zero-order valence-electron chi connectivity index (χ0n) is 19.1. The highest BCUT2D eigenvalue weighted by atomic mass is 16.5. The van der Waals surface area contributed by atoms with E-state index in [1.54, 1.807) is 13.2 Å². The Balaban J connectivity index is 1.40. The Labute approximate surface area is 198 Å². The van der Waals surface area contributed by atoms with E-state index in [0.717, 1.165) is 22.4 Å². The van der Waals surface area contributed by atoms with Crippen molar-refractivity contribution in [1.29, 1.82) is 0 Å². The molecule has 6 heteroatoms. The quantitative estimate of drug-likeness (QED) is 0.411. The number of carbonyl (C=O) groups excluding carboxylic acids is 1. The lowest BCUT2D eigenvalue weighted by molar-refractivity contribution is -0.121. The van der Waals surface area contributed by atoms with Crippen LogP contribution in [0.25, 0.3) is 11.3 Å². The Morgan fingerprint density at radius 3 is 2.09 bits per heavy atom. The van der Waals surface area contributed by atoms with Crippen molar-refractivity contribution in [3.05, 3.63) is 119 Å². The lowest BCUT2D eigenvalue weighted by Gasteiger charge is -2.18. The Bertz CT molecular complexity index is 1230. The molecule has 0 spiro atoms. The number of rotatable bonds is 9. The number of benzene rings is 3. The molecule has 172 valence electrons. The number of aromatic nitrogens is 2. The van der Waals surface area contributed by atoms with Gasteiger partial charge in [-0.25, -0.2) is 4.68 Å². The molecule has 1 N–H and O–H groups in total. The molecule has 0 aliphatic rings. The second kappa shape index (κ2) is 11.1. The molecule has 0 atom stereocenters. The van der Waals surface area contributed by atoms with Crippen molar-refractivity contribution >= 4 is 5.91 Å². The topological polar surface area (TPSA) is 73.2 Å². The Kier molecular flexibility index (Phi) is 7.50. The second-order valence-electron chi connectivity index (χ2n) is 7.94. The van der Waals surface area contributed by atoms with Gasteiger partial charge in [0.15, 0.2) is 0 Å². The molecule has 6 nitrogen and oxygen atoms in total. The largest absolute Gasteiger partial charge is 0.497 e. The van der Waals surface area contributed by atoms with Crippen molar-refractivity contribution in [2.24, 2.45) is 0 Å². The zero-order valence-corrected chi connectivity index (χ0v) is 19.1. The first kappa shape index (κ1) is 23.0. The summed E-state index contributed by atoms with van der Waals surface area (Å²) in [5.41, 5.74) is 3.54. The molecule has 0 bridgehead atoms. The van der Waals surface area contributed by atoms with E-state index in [1.165, 1.54) is 10.7 Å². The van der Waals surface area contributed by atoms with Crippen molar-refractivity contribution in [3.63, 3.8) is 0 Å². The van der Waals surface area contributed by atoms with Crippen LogP contribution < -0.4 is 15.6 Å². The molecule has 0 aliphatic heterocycles. The summed E-state index contributed by atoms with van der Waals surface area (Å²) in [7, 11) is 1.61. The molecule has 0 saturated carbocycles.